The molecular formula is C6H13B3N2. The van der Waals surface area contributed by atoms with Crippen LogP contribution in [0.5, 0.6) is 0 Å². The normalized spacial score (nSPS) is 11.2. The Labute approximate surface area is 73.5 Å². The van der Waals surface area contributed by atoms with Gasteiger partial charge in [-0.25, -0.2) is 0 Å². The zero-order valence-corrected chi connectivity index (χ0v) is 7.16. The summed E-state index contributed by atoms with van der Waals surface area (Å²) in [5.41, 5.74) is 0. The van der Waals surface area contributed by atoms with E-state index in [0.29, 0.717) is 19.3 Å². The third-order valence-electron chi connectivity index (χ3n) is 1.62. The second kappa shape index (κ2) is 6.80. The second-order valence-electron chi connectivity index (χ2n) is 2.35. The Kier molecular flexibility index (Phi) is 6.87. The molecule has 0 aliphatic heterocycles. The summed E-state index contributed by atoms with van der Waals surface area (Å²) in [7, 11) is 16.3. The van der Waals surface area contributed by atoms with Crippen LogP contribution in [0.4, 0.5) is 0 Å². The highest BCUT2D eigenvalue weighted by molar-refractivity contribution is 6.11. The topological polar surface area (TPSA) is 6.48 Å². The highest BCUT2D eigenvalue weighted by Gasteiger charge is 2.02. The van der Waals surface area contributed by atoms with Gasteiger partial charge in [-0.3, -0.25) is 4.90 Å². The van der Waals surface area contributed by atoms with E-state index in [4.69, 9.17) is 23.5 Å². The highest BCUT2D eigenvalue weighted by atomic mass is 15.3. The van der Waals surface area contributed by atoms with Crippen LogP contribution in [0.3, 0.4) is 0 Å². The molecular weight excluding hydrogens is 133 g/mol. The number of hydrogen-bond acceptors (Lipinski definition) is 2. The molecule has 5 heteroatoms. The second-order valence-corrected chi connectivity index (χ2v) is 2.35. The molecule has 0 aliphatic rings. The first-order chi connectivity index (χ1) is 5.28. The molecule has 0 bridgehead atoms. The van der Waals surface area contributed by atoms with Crippen LogP contribution >= 0.6 is 0 Å². The molecule has 56 valence electrons. The summed E-state index contributed by atoms with van der Waals surface area (Å²) in [6.45, 7) is 3.73. The van der Waals surface area contributed by atoms with Crippen LogP contribution in [0.1, 0.15) is 6.92 Å². The van der Waals surface area contributed by atoms with Crippen molar-refractivity contribution in [2.24, 2.45) is 0 Å². The molecule has 0 saturated heterocycles. The summed E-state index contributed by atoms with van der Waals surface area (Å²) in [6, 6.07) is 0. The molecule has 2 nitrogen and oxygen atoms in total. The van der Waals surface area contributed by atoms with Gasteiger partial charge in [0.15, 0.2) is 0 Å². The van der Waals surface area contributed by atoms with Gasteiger partial charge >= 0.3 is 0 Å². The summed E-state index contributed by atoms with van der Waals surface area (Å²) in [6.07, 6.45) is 1.51. The van der Waals surface area contributed by atoms with Crippen LogP contribution in [0.15, 0.2) is 0 Å². The number of nitrogens with zero attached hydrogens (tertiary/aromatic N) is 2. The molecule has 6 radical (unpaired) electrons. The molecule has 0 aliphatic carbocycles. The van der Waals surface area contributed by atoms with E-state index < -0.39 is 0 Å². The average Bonchev–Trinajstić information content (AvgIpc) is 2.07. The van der Waals surface area contributed by atoms with Crippen LogP contribution in [0, 0.1) is 0 Å². The van der Waals surface area contributed by atoms with E-state index in [9.17, 15) is 0 Å². The van der Waals surface area contributed by atoms with Gasteiger partial charge in [0.25, 0.3) is 0 Å². The maximum Gasteiger partial charge on any atom is 0.0863 e. The summed E-state index contributed by atoms with van der Waals surface area (Å²) in [5.74, 6) is 0. The van der Waals surface area contributed by atoms with Crippen molar-refractivity contribution >= 4 is 23.5 Å². The van der Waals surface area contributed by atoms with Gasteiger partial charge in [0.2, 0.25) is 0 Å². The Bertz CT molecular complexity index is 73.9. The Hall–Kier alpha value is 0.115. The van der Waals surface area contributed by atoms with Gasteiger partial charge in [-0.2, -0.15) is 0 Å². The van der Waals surface area contributed by atoms with Gasteiger partial charge in [-0.05, 0) is 25.9 Å². The summed E-state index contributed by atoms with van der Waals surface area (Å²) >= 11 is 0. The van der Waals surface area contributed by atoms with E-state index in [1.807, 2.05) is 4.90 Å². The van der Waals surface area contributed by atoms with Crippen molar-refractivity contribution in [3.8, 4) is 0 Å². The van der Waals surface area contributed by atoms with E-state index in [2.05, 4.69) is 11.8 Å². The Morgan fingerprint density at radius 2 is 1.36 bits per heavy atom. The molecule has 0 unspecified atom stereocenters. The van der Waals surface area contributed by atoms with Crippen LogP contribution in [-0.4, -0.2) is 65.9 Å². The van der Waals surface area contributed by atoms with E-state index in [0.717, 1.165) is 13.2 Å². The SMILES string of the molecule is [B]CN(C[B])CN(C[B])CC. The molecule has 0 atom stereocenters. The zero-order valence-electron chi connectivity index (χ0n) is 7.16. The molecule has 0 heterocycles. The van der Waals surface area contributed by atoms with Gasteiger partial charge < -0.3 is 4.90 Å². The lowest BCUT2D eigenvalue weighted by atomic mass is 10.1. The van der Waals surface area contributed by atoms with Crippen LogP contribution < -0.4 is 0 Å². The molecule has 0 aromatic carbocycles. The predicted molar refractivity (Wildman–Crippen MR) is 50.9 cm³/mol. The van der Waals surface area contributed by atoms with E-state index in [-0.39, 0.29) is 0 Å². The molecule has 0 saturated carbocycles. The third kappa shape index (κ3) is 4.54. The average molecular weight is 146 g/mol. The fraction of sp³-hybridized carbons (Fsp3) is 1.00. The molecule has 11 heavy (non-hydrogen) atoms. The molecule has 0 rings (SSSR count). The minimum Gasteiger partial charge on any atom is -0.308 e. The van der Waals surface area contributed by atoms with Crippen LogP contribution in [0.25, 0.3) is 0 Å². The van der Waals surface area contributed by atoms with Gasteiger partial charge in [-0.15, -0.1) is 0 Å². The zero-order chi connectivity index (χ0) is 8.69. The number of hydrogen-bond donors (Lipinski definition) is 0. The summed E-state index contributed by atoms with van der Waals surface area (Å²) in [4.78, 5) is 3.97. The van der Waals surface area contributed by atoms with E-state index in [1.54, 1.807) is 0 Å². The van der Waals surface area contributed by atoms with Crippen molar-refractivity contribution in [2.75, 3.05) is 32.5 Å². The van der Waals surface area contributed by atoms with Gasteiger partial charge in [0.1, 0.15) is 0 Å². The first-order valence-electron chi connectivity index (χ1n) is 3.83. The molecule has 0 fully saturated rings. The first kappa shape index (κ1) is 11.1. The fourth-order valence-corrected chi connectivity index (χ4v) is 0.760. The van der Waals surface area contributed by atoms with E-state index >= 15 is 0 Å². The van der Waals surface area contributed by atoms with Crippen molar-refractivity contribution in [3.05, 3.63) is 0 Å². The lowest BCUT2D eigenvalue weighted by molar-refractivity contribution is 0.193. The molecule has 0 spiro atoms. The third-order valence-corrected chi connectivity index (χ3v) is 1.62. The molecule has 0 aromatic heterocycles. The largest absolute Gasteiger partial charge is 0.308 e. The van der Waals surface area contributed by atoms with Gasteiger partial charge in [-0.1, -0.05) is 6.92 Å². The fourth-order valence-electron chi connectivity index (χ4n) is 0.760. The molecule has 0 N–H and O–H groups in total. The summed E-state index contributed by atoms with van der Waals surface area (Å²) < 4.78 is 0. The minimum absolute atomic E-state index is 0.479. The smallest absolute Gasteiger partial charge is 0.0863 e. The Morgan fingerprint density at radius 1 is 0.909 bits per heavy atom. The van der Waals surface area contributed by atoms with E-state index in [1.165, 1.54) is 0 Å². The molecule has 0 amide bonds. The van der Waals surface area contributed by atoms with Crippen LogP contribution in [-0.2, 0) is 0 Å². The highest BCUT2D eigenvalue weighted by Crippen LogP contribution is 1.89. The quantitative estimate of drug-likeness (QED) is 0.348. The van der Waals surface area contributed by atoms with Crippen molar-refractivity contribution in [3.63, 3.8) is 0 Å². The van der Waals surface area contributed by atoms with Crippen molar-refractivity contribution in [1.82, 2.24) is 9.80 Å². The van der Waals surface area contributed by atoms with Crippen LogP contribution in [0.2, 0.25) is 0 Å². The molecule has 0 aromatic rings. The summed E-state index contributed by atoms with van der Waals surface area (Å²) in [5, 5.41) is 0. The monoisotopic (exact) mass is 146 g/mol. The lowest BCUT2D eigenvalue weighted by Gasteiger charge is -2.27. The first-order valence-corrected chi connectivity index (χ1v) is 3.83. The van der Waals surface area contributed by atoms with Gasteiger partial charge in [0, 0.05) is 6.67 Å². The number of rotatable bonds is 6. The van der Waals surface area contributed by atoms with Crippen molar-refractivity contribution in [1.29, 1.82) is 0 Å². The van der Waals surface area contributed by atoms with Crippen molar-refractivity contribution < 1.29 is 0 Å². The predicted octanol–water partition coefficient (Wildman–Crippen LogP) is -1.05. The Morgan fingerprint density at radius 3 is 1.64 bits per heavy atom. The lowest BCUT2D eigenvalue weighted by Crippen LogP contribution is -2.39. The standard InChI is InChI=1S/C6H13B3N2/c1-2-10(3-7)6-11(4-8)5-9/h2-6H2,1H3. The Balaban J connectivity index is 3.58. The van der Waals surface area contributed by atoms with Gasteiger partial charge in [0.05, 0.1) is 23.5 Å². The maximum atomic E-state index is 5.46. The maximum absolute atomic E-state index is 5.46. The van der Waals surface area contributed by atoms with Crippen molar-refractivity contribution in [2.45, 2.75) is 6.92 Å². The minimum atomic E-state index is 0.479.